The summed E-state index contributed by atoms with van der Waals surface area (Å²) >= 11 is 0. The molecule has 2 saturated heterocycles. The van der Waals surface area contributed by atoms with Crippen LogP contribution in [-0.2, 0) is 11.3 Å². The molecule has 0 aromatic heterocycles. The fourth-order valence-electron chi connectivity index (χ4n) is 5.35. The molecular weight excluding hydrogens is 389 g/mol. The Kier molecular flexibility index (Phi) is 5.89. The minimum absolute atomic E-state index is 0.141. The van der Waals surface area contributed by atoms with Gasteiger partial charge in [-0.15, -0.1) is 0 Å². The van der Waals surface area contributed by atoms with E-state index in [0.29, 0.717) is 24.8 Å². The lowest BCUT2D eigenvalue weighted by molar-refractivity contribution is 0.122. The van der Waals surface area contributed by atoms with Crippen LogP contribution in [-0.4, -0.2) is 50.8 Å². The van der Waals surface area contributed by atoms with Crippen molar-refractivity contribution in [3.05, 3.63) is 59.4 Å². The first kappa shape index (κ1) is 20.8. The lowest BCUT2D eigenvalue weighted by Crippen LogP contribution is -2.36. The number of ether oxygens (including phenoxy) is 1. The van der Waals surface area contributed by atoms with E-state index < -0.39 is 0 Å². The Morgan fingerprint density at radius 1 is 1.03 bits per heavy atom. The number of morpholine rings is 1. The number of fused-ring (bicyclic) bond motifs is 1. The largest absolute Gasteiger partial charge is 0.385 e. The van der Waals surface area contributed by atoms with Gasteiger partial charge in [0.05, 0.1) is 18.9 Å². The van der Waals surface area contributed by atoms with E-state index in [1.807, 2.05) is 12.1 Å². The number of benzene rings is 2. The second kappa shape index (κ2) is 8.79. The molecule has 0 amide bonds. The molecule has 0 spiro atoms. The van der Waals surface area contributed by atoms with Crippen molar-refractivity contribution in [1.82, 2.24) is 4.90 Å². The third kappa shape index (κ3) is 4.58. The van der Waals surface area contributed by atoms with Crippen LogP contribution in [0.2, 0.25) is 0 Å². The summed E-state index contributed by atoms with van der Waals surface area (Å²) in [5, 5.41) is 3.49. The molecule has 3 fully saturated rings. The van der Waals surface area contributed by atoms with Gasteiger partial charge in [0.25, 0.3) is 0 Å². The summed E-state index contributed by atoms with van der Waals surface area (Å²) in [5.74, 6) is 2.75. The molecule has 2 aromatic carbocycles. The Balaban J connectivity index is 1.08. The van der Waals surface area contributed by atoms with E-state index >= 15 is 0 Å². The topological polar surface area (TPSA) is 27.7 Å². The van der Waals surface area contributed by atoms with Crippen LogP contribution in [0.4, 0.5) is 15.8 Å². The van der Waals surface area contributed by atoms with E-state index in [1.54, 1.807) is 6.07 Å². The van der Waals surface area contributed by atoms with Gasteiger partial charge in [-0.3, -0.25) is 4.90 Å². The molecule has 2 heterocycles. The molecule has 0 radical (unpaired) electrons. The summed E-state index contributed by atoms with van der Waals surface area (Å²) < 4.78 is 20.0. The molecule has 5 heteroatoms. The molecule has 31 heavy (non-hydrogen) atoms. The fourth-order valence-corrected chi connectivity index (χ4v) is 5.35. The van der Waals surface area contributed by atoms with Crippen LogP contribution in [0.3, 0.4) is 0 Å². The van der Waals surface area contributed by atoms with Crippen LogP contribution < -0.4 is 10.2 Å². The Bertz CT molecular complexity index is 882. The Hall–Kier alpha value is -2.11. The SMILES string of the molecule is CC(C)c1ccc(CN2CC3C(CNc4ccc(N5CCOCC5)c(F)c4)C3C2)cc1. The molecule has 1 aliphatic carbocycles. The van der Waals surface area contributed by atoms with Crippen molar-refractivity contribution in [1.29, 1.82) is 0 Å². The van der Waals surface area contributed by atoms with Crippen LogP contribution >= 0.6 is 0 Å². The number of rotatable bonds is 7. The van der Waals surface area contributed by atoms with Crippen LogP contribution in [0.1, 0.15) is 30.9 Å². The zero-order valence-corrected chi connectivity index (χ0v) is 18.7. The highest BCUT2D eigenvalue weighted by Crippen LogP contribution is 2.51. The number of likely N-dealkylation sites (tertiary alicyclic amines) is 1. The Labute approximate surface area is 185 Å². The van der Waals surface area contributed by atoms with Gasteiger partial charge in [0.15, 0.2) is 0 Å². The highest BCUT2D eigenvalue weighted by Gasteiger charge is 2.54. The third-order valence-electron chi connectivity index (χ3n) is 7.34. The highest BCUT2D eigenvalue weighted by atomic mass is 19.1. The number of nitrogens with one attached hydrogen (secondary N) is 1. The van der Waals surface area contributed by atoms with Crippen LogP contribution in [0.5, 0.6) is 0 Å². The molecular formula is C26H34FN3O. The quantitative estimate of drug-likeness (QED) is 0.706. The van der Waals surface area contributed by atoms with Gasteiger partial charge in [-0.25, -0.2) is 4.39 Å². The van der Waals surface area contributed by atoms with E-state index in [-0.39, 0.29) is 5.82 Å². The summed E-state index contributed by atoms with van der Waals surface area (Å²) in [5.41, 5.74) is 4.40. The van der Waals surface area contributed by atoms with Crippen molar-refractivity contribution < 1.29 is 9.13 Å². The van der Waals surface area contributed by atoms with Gasteiger partial charge >= 0.3 is 0 Å². The molecule has 2 aliphatic heterocycles. The molecule has 5 rings (SSSR count). The summed E-state index contributed by atoms with van der Waals surface area (Å²) in [6, 6.07) is 14.7. The standard InChI is InChI=1S/C26H34FN3O/c1-18(2)20-5-3-19(4-6-20)15-29-16-23-22(24(23)17-29)14-28-21-7-8-26(25(27)13-21)30-9-11-31-12-10-30/h3-8,13,18,22-24,28H,9-12,14-17H2,1-2H3. The normalized spacial score (nSPS) is 25.7. The second-order valence-corrected chi connectivity index (χ2v) is 9.73. The first-order chi connectivity index (χ1) is 15.1. The number of hydrogen-bond acceptors (Lipinski definition) is 4. The molecule has 2 atom stereocenters. The number of nitrogens with zero attached hydrogens (tertiary/aromatic N) is 2. The first-order valence-corrected chi connectivity index (χ1v) is 11.8. The molecule has 3 aliphatic rings. The molecule has 1 saturated carbocycles. The highest BCUT2D eigenvalue weighted by molar-refractivity contribution is 5.56. The average Bonchev–Trinajstić information content (AvgIpc) is 3.24. The molecule has 1 N–H and O–H groups in total. The lowest BCUT2D eigenvalue weighted by Gasteiger charge is -2.29. The number of hydrogen-bond donors (Lipinski definition) is 1. The molecule has 166 valence electrons. The maximum absolute atomic E-state index is 14.6. The molecule has 2 aromatic rings. The van der Waals surface area contributed by atoms with Crippen molar-refractivity contribution in [2.75, 3.05) is 56.2 Å². The van der Waals surface area contributed by atoms with E-state index in [9.17, 15) is 4.39 Å². The van der Waals surface area contributed by atoms with Gasteiger partial charge < -0.3 is 15.0 Å². The van der Waals surface area contributed by atoms with Crippen molar-refractivity contribution in [2.24, 2.45) is 17.8 Å². The summed E-state index contributed by atoms with van der Waals surface area (Å²) in [6.45, 7) is 11.7. The van der Waals surface area contributed by atoms with E-state index in [4.69, 9.17) is 4.74 Å². The van der Waals surface area contributed by atoms with Crippen LogP contribution in [0.25, 0.3) is 0 Å². The summed E-state index contributed by atoms with van der Waals surface area (Å²) in [6.07, 6.45) is 0. The van der Waals surface area contributed by atoms with Crippen LogP contribution in [0.15, 0.2) is 42.5 Å². The molecule has 4 nitrogen and oxygen atoms in total. The lowest BCUT2D eigenvalue weighted by atomic mass is 10.0. The van der Waals surface area contributed by atoms with E-state index in [1.165, 1.54) is 24.2 Å². The zero-order chi connectivity index (χ0) is 21.4. The van der Waals surface area contributed by atoms with Gasteiger partial charge in [-0.2, -0.15) is 0 Å². The van der Waals surface area contributed by atoms with Crippen molar-refractivity contribution in [2.45, 2.75) is 26.3 Å². The summed E-state index contributed by atoms with van der Waals surface area (Å²) in [7, 11) is 0. The van der Waals surface area contributed by atoms with Crippen LogP contribution in [0, 0.1) is 23.6 Å². The third-order valence-corrected chi connectivity index (χ3v) is 7.34. The number of halogens is 1. The van der Waals surface area contributed by atoms with E-state index in [2.05, 4.69) is 53.2 Å². The van der Waals surface area contributed by atoms with Gasteiger partial charge in [0, 0.05) is 45.0 Å². The fraction of sp³-hybridized carbons (Fsp3) is 0.538. The second-order valence-electron chi connectivity index (χ2n) is 9.73. The Morgan fingerprint density at radius 2 is 1.74 bits per heavy atom. The smallest absolute Gasteiger partial charge is 0.148 e. The molecule has 0 bridgehead atoms. The zero-order valence-electron chi connectivity index (χ0n) is 18.7. The number of anilines is 2. The van der Waals surface area contributed by atoms with Gasteiger partial charge in [-0.1, -0.05) is 38.1 Å². The minimum atomic E-state index is -0.141. The van der Waals surface area contributed by atoms with Crippen molar-refractivity contribution >= 4 is 11.4 Å². The Morgan fingerprint density at radius 3 is 2.39 bits per heavy atom. The summed E-state index contributed by atoms with van der Waals surface area (Å²) in [4.78, 5) is 4.66. The number of piperidine rings is 1. The predicted octanol–water partition coefficient (Wildman–Crippen LogP) is 4.58. The van der Waals surface area contributed by atoms with Gasteiger partial charge in [0.2, 0.25) is 0 Å². The predicted molar refractivity (Wildman–Crippen MR) is 124 cm³/mol. The van der Waals surface area contributed by atoms with Crippen molar-refractivity contribution in [3.8, 4) is 0 Å². The average molecular weight is 424 g/mol. The maximum Gasteiger partial charge on any atom is 0.148 e. The van der Waals surface area contributed by atoms with Crippen molar-refractivity contribution in [3.63, 3.8) is 0 Å². The van der Waals surface area contributed by atoms with Gasteiger partial charge in [0.1, 0.15) is 5.82 Å². The first-order valence-electron chi connectivity index (χ1n) is 11.8. The monoisotopic (exact) mass is 423 g/mol. The maximum atomic E-state index is 14.6. The minimum Gasteiger partial charge on any atom is -0.385 e. The van der Waals surface area contributed by atoms with E-state index in [0.717, 1.165) is 49.6 Å². The molecule has 2 unspecified atom stereocenters. The van der Waals surface area contributed by atoms with Gasteiger partial charge in [-0.05, 0) is 53.0 Å².